The summed E-state index contributed by atoms with van der Waals surface area (Å²) in [5, 5.41) is 27.1. The van der Waals surface area contributed by atoms with Gasteiger partial charge in [-0.25, -0.2) is 9.97 Å². The Bertz CT molecular complexity index is 2510. The van der Waals surface area contributed by atoms with Crippen LogP contribution in [0.2, 0.25) is 0 Å². The third kappa shape index (κ3) is 5.77. The summed E-state index contributed by atoms with van der Waals surface area (Å²) in [5.41, 5.74) is 6.00. The number of phenols is 1. The lowest BCUT2D eigenvalue weighted by molar-refractivity contribution is 0.102. The van der Waals surface area contributed by atoms with Crippen molar-refractivity contribution in [3.8, 4) is 32.6 Å². The van der Waals surface area contributed by atoms with E-state index in [0.717, 1.165) is 47.3 Å². The Hall–Kier alpha value is -5.97. The number of ether oxygens (including phenoxy) is 1. The van der Waals surface area contributed by atoms with Crippen molar-refractivity contribution in [1.82, 2.24) is 9.97 Å². The molecule has 2 N–H and O–H groups in total. The van der Waals surface area contributed by atoms with Gasteiger partial charge in [0.1, 0.15) is 27.1 Å². The summed E-state index contributed by atoms with van der Waals surface area (Å²) >= 11 is 3.14. The Labute approximate surface area is 289 Å². The van der Waals surface area contributed by atoms with Gasteiger partial charge < -0.3 is 15.2 Å². The van der Waals surface area contributed by atoms with Crippen LogP contribution in [0.5, 0.6) is 11.5 Å². The highest BCUT2D eigenvalue weighted by Gasteiger charge is 2.19. The quantitative estimate of drug-likeness (QED) is 0.163. The Morgan fingerprint density at radius 1 is 0.776 bits per heavy atom. The van der Waals surface area contributed by atoms with Gasteiger partial charge in [0.05, 0.1) is 33.1 Å². The van der Waals surface area contributed by atoms with Crippen LogP contribution in [0, 0.1) is 6.92 Å². The molecular weight excluding hydrogens is 651 g/mol. The number of hydrogen-bond donors (Lipinski definition) is 2. The molecule has 1 amide bonds. The molecule has 0 saturated heterocycles. The minimum atomic E-state index is -0.228. The normalized spacial score (nSPS) is 11.6. The van der Waals surface area contributed by atoms with Crippen molar-refractivity contribution < 1.29 is 14.6 Å². The van der Waals surface area contributed by atoms with Gasteiger partial charge in [0.25, 0.3) is 5.91 Å². The highest BCUT2D eigenvalue weighted by atomic mass is 32.1. The third-order valence-electron chi connectivity index (χ3n) is 8.22. The minimum absolute atomic E-state index is 0.0227. The lowest BCUT2D eigenvalue weighted by Crippen LogP contribution is -2.12. The smallest absolute Gasteiger partial charge is 0.255 e. The van der Waals surface area contributed by atoms with Gasteiger partial charge in [-0.3, -0.25) is 4.79 Å². The molecule has 0 aliphatic carbocycles. The van der Waals surface area contributed by atoms with E-state index < -0.39 is 0 Å². The maximum atomic E-state index is 12.9. The van der Waals surface area contributed by atoms with E-state index in [0.29, 0.717) is 38.9 Å². The molecule has 0 saturated carbocycles. The second-order valence-electron chi connectivity index (χ2n) is 11.4. The van der Waals surface area contributed by atoms with Crippen molar-refractivity contribution in [2.24, 2.45) is 10.2 Å². The molecule has 0 unspecified atom stereocenters. The molecule has 0 radical (unpaired) electrons. The minimum Gasteiger partial charge on any atom is -0.505 e. The van der Waals surface area contributed by atoms with Crippen molar-refractivity contribution in [2.45, 2.75) is 6.92 Å². The van der Waals surface area contributed by atoms with Crippen LogP contribution in [0.3, 0.4) is 0 Å². The summed E-state index contributed by atoms with van der Waals surface area (Å²) in [7, 11) is 1.54. The Morgan fingerprint density at radius 3 is 2.16 bits per heavy atom. The van der Waals surface area contributed by atoms with Crippen LogP contribution in [0.1, 0.15) is 15.9 Å². The molecule has 0 fully saturated rings. The van der Waals surface area contributed by atoms with Gasteiger partial charge in [-0.05, 0) is 72.5 Å². The average molecular weight is 678 g/mol. The topological polar surface area (TPSA) is 109 Å². The molecule has 0 aliphatic heterocycles. The highest BCUT2D eigenvalue weighted by Crippen LogP contribution is 2.47. The number of carbonyl (C=O) groups is 1. The summed E-state index contributed by atoms with van der Waals surface area (Å²) in [6.07, 6.45) is 0. The number of benzene rings is 6. The second kappa shape index (κ2) is 12.6. The number of amides is 1. The number of nitrogens with zero attached hydrogens (tertiary/aromatic N) is 4. The predicted octanol–water partition coefficient (Wildman–Crippen LogP) is 11.1. The fourth-order valence-corrected chi connectivity index (χ4v) is 7.64. The first-order valence-electron chi connectivity index (χ1n) is 15.4. The number of anilines is 1. The average Bonchev–Trinajstić information content (AvgIpc) is 3.77. The van der Waals surface area contributed by atoms with Crippen LogP contribution in [0.4, 0.5) is 17.1 Å². The lowest BCUT2D eigenvalue weighted by Gasteiger charge is -2.13. The zero-order valence-corrected chi connectivity index (χ0v) is 28.0. The van der Waals surface area contributed by atoms with E-state index in [2.05, 4.69) is 27.7 Å². The van der Waals surface area contributed by atoms with E-state index in [-0.39, 0.29) is 11.7 Å². The fourth-order valence-electron chi connectivity index (χ4n) is 5.69. The fraction of sp³-hybridized carbons (Fsp3) is 0.0513. The molecule has 6 aromatic carbocycles. The number of aryl methyl sites for hydroxylation is 1. The lowest BCUT2D eigenvalue weighted by atomic mass is 10.0. The molecule has 8 aromatic rings. The molecule has 10 heteroatoms. The maximum Gasteiger partial charge on any atom is 0.255 e. The second-order valence-corrected chi connectivity index (χ2v) is 13.5. The number of aromatic nitrogens is 2. The number of fused-ring (bicyclic) bond motifs is 3. The van der Waals surface area contributed by atoms with Crippen molar-refractivity contribution in [2.75, 3.05) is 12.4 Å². The SMILES string of the molecule is COc1cc(NC(=O)c2ccccc2)c(C)cc1N=Nc1c(O)c(-c2nc3ccccc3s2)cc2cc(-c3nc4ccccc4s3)ccc12. The summed E-state index contributed by atoms with van der Waals surface area (Å²) in [5.74, 6) is 0.167. The standard InChI is InChI=1S/C39H27N5O3S2/c1-22-18-31(32(47-2)21-30(22)40-37(46)23-10-4-3-5-11-23)43-44-35-26-17-16-24(38-41-28-12-6-8-14-33(28)48-38)19-25(26)20-27(36(35)45)39-42-29-13-7-9-15-34(29)49-39/h3-21,45H,1-2H3,(H,40,46). The molecule has 0 spiro atoms. The Balaban J connectivity index is 1.23. The number of nitrogens with one attached hydrogen (secondary N) is 1. The molecule has 49 heavy (non-hydrogen) atoms. The Morgan fingerprint density at radius 2 is 1.45 bits per heavy atom. The molecule has 0 atom stereocenters. The molecule has 8 nitrogen and oxygen atoms in total. The van der Waals surface area contributed by atoms with Gasteiger partial charge in [0.2, 0.25) is 0 Å². The first kappa shape index (κ1) is 30.4. The van der Waals surface area contributed by atoms with Crippen molar-refractivity contribution in [1.29, 1.82) is 0 Å². The van der Waals surface area contributed by atoms with Gasteiger partial charge in [0, 0.05) is 28.3 Å². The first-order chi connectivity index (χ1) is 23.9. The molecule has 2 aromatic heterocycles. The third-order valence-corrected chi connectivity index (χ3v) is 10.4. The van der Waals surface area contributed by atoms with E-state index in [4.69, 9.17) is 14.7 Å². The molecule has 0 aliphatic rings. The highest BCUT2D eigenvalue weighted by molar-refractivity contribution is 7.22. The zero-order chi connectivity index (χ0) is 33.5. The molecule has 8 rings (SSSR count). The van der Waals surface area contributed by atoms with E-state index in [1.165, 1.54) is 18.4 Å². The summed E-state index contributed by atoms with van der Waals surface area (Å²) in [4.78, 5) is 22.6. The summed E-state index contributed by atoms with van der Waals surface area (Å²) in [6, 6.07) is 36.5. The predicted molar refractivity (Wildman–Crippen MR) is 199 cm³/mol. The van der Waals surface area contributed by atoms with E-state index in [1.807, 2.05) is 85.8 Å². The molecule has 2 heterocycles. The number of hydrogen-bond acceptors (Lipinski definition) is 9. The summed E-state index contributed by atoms with van der Waals surface area (Å²) < 4.78 is 7.80. The van der Waals surface area contributed by atoms with Crippen LogP contribution >= 0.6 is 22.7 Å². The van der Waals surface area contributed by atoms with Gasteiger partial charge in [0.15, 0.2) is 5.75 Å². The first-order valence-corrected chi connectivity index (χ1v) is 17.1. The van der Waals surface area contributed by atoms with Crippen LogP contribution in [-0.4, -0.2) is 28.1 Å². The maximum absolute atomic E-state index is 12.9. The number of carbonyl (C=O) groups excluding carboxylic acids is 1. The molecular formula is C39H27N5O3S2. The molecule has 0 bridgehead atoms. The number of para-hydroxylation sites is 2. The Kier molecular flexibility index (Phi) is 7.79. The zero-order valence-electron chi connectivity index (χ0n) is 26.3. The van der Waals surface area contributed by atoms with E-state index >= 15 is 0 Å². The number of thiazole rings is 2. The number of azo groups is 1. The van der Waals surface area contributed by atoms with Crippen LogP contribution in [-0.2, 0) is 0 Å². The number of rotatable bonds is 7. The van der Waals surface area contributed by atoms with Gasteiger partial charge in [-0.15, -0.1) is 32.9 Å². The largest absolute Gasteiger partial charge is 0.505 e. The van der Waals surface area contributed by atoms with Gasteiger partial charge in [-0.1, -0.05) is 54.6 Å². The van der Waals surface area contributed by atoms with E-state index in [1.54, 1.807) is 35.6 Å². The van der Waals surface area contributed by atoms with Crippen LogP contribution in [0.15, 0.2) is 125 Å². The van der Waals surface area contributed by atoms with E-state index in [9.17, 15) is 9.90 Å². The monoisotopic (exact) mass is 677 g/mol. The van der Waals surface area contributed by atoms with Crippen molar-refractivity contribution in [3.63, 3.8) is 0 Å². The van der Waals surface area contributed by atoms with Crippen molar-refractivity contribution >= 4 is 76.8 Å². The number of aromatic hydroxyl groups is 1. The molecule has 238 valence electrons. The van der Waals surface area contributed by atoms with Gasteiger partial charge in [-0.2, -0.15) is 0 Å². The van der Waals surface area contributed by atoms with Crippen LogP contribution in [0.25, 0.3) is 52.3 Å². The van der Waals surface area contributed by atoms with Crippen molar-refractivity contribution in [3.05, 3.63) is 126 Å². The summed E-state index contributed by atoms with van der Waals surface area (Å²) in [6.45, 7) is 1.88. The van der Waals surface area contributed by atoms with Gasteiger partial charge >= 0.3 is 0 Å². The van der Waals surface area contributed by atoms with Crippen LogP contribution < -0.4 is 10.1 Å². The number of phenolic OH excluding ortho intramolecular Hbond substituents is 1. The number of methoxy groups -OCH3 is 1.